The second kappa shape index (κ2) is 6.17. The highest BCUT2D eigenvalue weighted by atomic mass is 79.9. The van der Waals surface area contributed by atoms with Crippen molar-refractivity contribution in [2.45, 2.75) is 18.7 Å². The van der Waals surface area contributed by atoms with Gasteiger partial charge in [-0.1, -0.05) is 18.2 Å². The predicted molar refractivity (Wildman–Crippen MR) is 79.8 cm³/mol. The van der Waals surface area contributed by atoms with E-state index in [-0.39, 0.29) is 6.42 Å². The number of alkyl halides is 3. The Kier molecular flexibility index (Phi) is 4.94. The maximum Gasteiger partial charge on any atom is 0.416 e. The third kappa shape index (κ3) is 3.84. The molecule has 2 aromatic rings. The van der Waals surface area contributed by atoms with Crippen molar-refractivity contribution in [3.63, 3.8) is 0 Å². The van der Waals surface area contributed by atoms with Crippen LogP contribution >= 0.6 is 43.2 Å². The molecule has 0 spiro atoms. The maximum absolute atomic E-state index is 12.6. The number of aliphatic hydroxyl groups is 1. The number of benzene rings is 1. The fourth-order valence-corrected chi connectivity index (χ4v) is 3.80. The van der Waals surface area contributed by atoms with Gasteiger partial charge >= 0.3 is 6.18 Å². The van der Waals surface area contributed by atoms with Gasteiger partial charge in [0.2, 0.25) is 0 Å². The van der Waals surface area contributed by atoms with E-state index in [0.29, 0.717) is 10.4 Å². The molecule has 0 aliphatic carbocycles. The SMILES string of the molecule is OC(Cc1cccc(C(F)(F)F)c1)c1cc(Br)c(Br)s1. The molecule has 0 aliphatic rings. The summed E-state index contributed by atoms with van der Waals surface area (Å²) in [5, 5.41) is 10.1. The van der Waals surface area contributed by atoms with Gasteiger partial charge in [-0.25, -0.2) is 0 Å². The monoisotopic (exact) mass is 428 g/mol. The Morgan fingerprint density at radius 3 is 2.45 bits per heavy atom. The summed E-state index contributed by atoms with van der Waals surface area (Å²) in [6.45, 7) is 0. The lowest BCUT2D eigenvalue weighted by Gasteiger charge is -2.11. The van der Waals surface area contributed by atoms with Crippen molar-refractivity contribution in [3.8, 4) is 0 Å². The predicted octanol–water partition coefficient (Wildman–Crippen LogP) is 5.57. The van der Waals surface area contributed by atoms with Crippen LogP contribution in [0.25, 0.3) is 0 Å². The maximum atomic E-state index is 12.6. The normalized spacial score (nSPS) is 13.5. The van der Waals surface area contributed by atoms with Crippen molar-refractivity contribution in [2.24, 2.45) is 0 Å². The number of hydrogen-bond acceptors (Lipinski definition) is 2. The van der Waals surface area contributed by atoms with E-state index in [2.05, 4.69) is 31.9 Å². The second-order valence-electron chi connectivity index (χ2n) is 4.19. The van der Waals surface area contributed by atoms with Gasteiger partial charge in [-0.15, -0.1) is 11.3 Å². The molecule has 108 valence electrons. The van der Waals surface area contributed by atoms with E-state index in [1.807, 2.05) is 0 Å². The molecular weight excluding hydrogens is 421 g/mol. The van der Waals surface area contributed by atoms with E-state index in [1.54, 1.807) is 12.1 Å². The first-order chi connectivity index (χ1) is 9.27. The van der Waals surface area contributed by atoms with Gasteiger partial charge in [-0.05, 0) is 49.6 Å². The van der Waals surface area contributed by atoms with Crippen molar-refractivity contribution < 1.29 is 18.3 Å². The molecule has 1 aromatic carbocycles. The summed E-state index contributed by atoms with van der Waals surface area (Å²) in [6.07, 6.45) is -5.05. The van der Waals surface area contributed by atoms with Crippen LogP contribution in [0.5, 0.6) is 0 Å². The summed E-state index contributed by atoms with van der Waals surface area (Å²) >= 11 is 7.98. The highest BCUT2D eigenvalue weighted by molar-refractivity contribution is 9.13. The Bertz CT molecular complexity index is 590. The molecule has 20 heavy (non-hydrogen) atoms. The van der Waals surface area contributed by atoms with Gasteiger partial charge in [0.15, 0.2) is 0 Å². The summed E-state index contributed by atoms with van der Waals surface area (Å²) in [4.78, 5) is 0.696. The summed E-state index contributed by atoms with van der Waals surface area (Å²) < 4.78 is 39.5. The van der Waals surface area contributed by atoms with Crippen LogP contribution in [0.3, 0.4) is 0 Å². The van der Waals surface area contributed by atoms with Gasteiger partial charge in [0.05, 0.1) is 15.5 Å². The number of rotatable bonds is 3. The summed E-state index contributed by atoms with van der Waals surface area (Å²) in [7, 11) is 0. The zero-order valence-electron chi connectivity index (χ0n) is 9.92. The topological polar surface area (TPSA) is 20.2 Å². The van der Waals surface area contributed by atoms with Crippen molar-refractivity contribution in [3.05, 3.63) is 54.6 Å². The Morgan fingerprint density at radius 2 is 1.90 bits per heavy atom. The smallest absolute Gasteiger partial charge is 0.387 e. The standard InChI is InChI=1S/C13H9Br2F3OS/c14-9-6-11(20-12(9)15)10(19)5-7-2-1-3-8(4-7)13(16,17)18/h1-4,6,10,19H,5H2. The minimum Gasteiger partial charge on any atom is -0.387 e. The molecule has 0 radical (unpaired) electrons. The lowest BCUT2D eigenvalue weighted by atomic mass is 10.0. The molecule has 1 heterocycles. The van der Waals surface area contributed by atoms with Crippen molar-refractivity contribution in [1.82, 2.24) is 0 Å². The van der Waals surface area contributed by atoms with Gasteiger partial charge in [-0.2, -0.15) is 13.2 Å². The van der Waals surface area contributed by atoms with Crippen molar-refractivity contribution in [2.75, 3.05) is 0 Å². The van der Waals surface area contributed by atoms with Crippen LogP contribution in [0.2, 0.25) is 0 Å². The fourth-order valence-electron chi connectivity index (χ4n) is 1.73. The lowest BCUT2D eigenvalue weighted by molar-refractivity contribution is -0.137. The van der Waals surface area contributed by atoms with Crippen LogP contribution in [0.1, 0.15) is 22.1 Å². The summed E-state index contributed by atoms with van der Waals surface area (Å²) in [6, 6.07) is 6.78. The second-order valence-corrected chi connectivity index (χ2v) is 7.44. The molecule has 1 atom stereocenters. The molecule has 0 aliphatic heterocycles. The van der Waals surface area contributed by atoms with Gasteiger partial charge in [0, 0.05) is 15.8 Å². The molecular formula is C13H9Br2F3OS. The minimum atomic E-state index is -4.37. The zero-order valence-corrected chi connectivity index (χ0v) is 13.9. The van der Waals surface area contributed by atoms with E-state index >= 15 is 0 Å². The molecule has 1 unspecified atom stereocenters. The number of halogens is 5. The first-order valence-corrected chi connectivity index (χ1v) is 7.96. The Hall–Kier alpha value is -0.370. The number of aliphatic hydroxyl groups excluding tert-OH is 1. The first-order valence-electron chi connectivity index (χ1n) is 5.56. The van der Waals surface area contributed by atoms with Gasteiger partial charge in [-0.3, -0.25) is 0 Å². The molecule has 0 saturated heterocycles. The van der Waals surface area contributed by atoms with Crippen LogP contribution in [-0.4, -0.2) is 5.11 Å². The highest BCUT2D eigenvalue weighted by Gasteiger charge is 2.30. The molecule has 0 amide bonds. The summed E-state index contributed by atoms with van der Waals surface area (Å²) in [5.74, 6) is 0. The van der Waals surface area contributed by atoms with Crippen molar-refractivity contribution in [1.29, 1.82) is 0 Å². The van der Waals surface area contributed by atoms with E-state index in [9.17, 15) is 18.3 Å². The van der Waals surface area contributed by atoms with Crippen molar-refractivity contribution >= 4 is 43.2 Å². The lowest BCUT2D eigenvalue weighted by Crippen LogP contribution is -2.06. The van der Waals surface area contributed by atoms with Crippen LogP contribution in [-0.2, 0) is 12.6 Å². The first kappa shape index (κ1) is 16.0. The minimum absolute atomic E-state index is 0.142. The molecule has 1 N–H and O–H groups in total. The quantitative estimate of drug-likeness (QED) is 0.676. The van der Waals surface area contributed by atoms with E-state index in [0.717, 1.165) is 20.4 Å². The van der Waals surface area contributed by atoms with Crippen LogP contribution < -0.4 is 0 Å². The average molecular weight is 430 g/mol. The number of hydrogen-bond donors (Lipinski definition) is 1. The molecule has 2 rings (SSSR count). The molecule has 7 heteroatoms. The molecule has 0 fully saturated rings. The Labute approximate surface area is 134 Å². The largest absolute Gasteiger partial charge is 0.416 e. The van der Waals surface area contributed by atoms with E-state index in [1.165, 1.54) is 17.4 Å². The third-order valence-corrected chi connectivity index (χ3v) is 6.03. The van der Waals surface area contributed by atoms with Crippen LogP contribution in [0.4, 0.5) is 13.2 Å². The Balaban J connectivity index is 2.17. The molecule has 0 saturated carbocycles. The molecule has 0 bridgehead atoms. The van der Waals surface area contributed by atoms with Crippen LogP contribution in [0.15, 0.2) is 38.6 Å². The van der Waals surface area contributed by atoms with E-state index in [4.69, 9.17) is 0 Å². The molecule has 1 nitrogen and oxygen atoms in total. The summed E-state index contributed by atoms with van der Waals surface area (Å²) in [5.41, 5.74) is -0.247. The highest BCUT2D eigenvalue weighted by Crippen LogP contribution is 2.37. The van der Waals surface area contributed by atoms with Crippen LogP contribution in [0, 0.1) is 0 Å². The third-order valence-electron chi connectivity index (χ3n) is 2.68. The fraction of sp³-hybridized carbons (Fsp3) is 0.231. The number of thiophene rings is 1. The Morgan fingerprint density at radius 1 is 1.20 bits per heavy atom. The zero-order chi connectivity index (χ0) is 14.9. The average Bonchev–Trinajstić information content (AvgIpc) is 2.69. The molecule has 1 aromatic heterocycles. The van der Waals surface area contributed by atoms with E-state index < -0.39 is 17.8 Å². The van der Waals surface area contributed by atoms with Gasteiger partial charge in [0.1, 0.15) is 0 Å². The van der Waals surface area contributed by atoms with Gasteiger partial charge < -0.3 is 5.11 Å². The van der Waals surface area contributed by atoms with Gasteiger partial charge in [0.25, 0.3) is 0 Å².